The summed E-state index contributed by atoms with van der Waals surface area (Å²) in [7, 11) is 0. The topological polar surface area (TPSA) is 44.6 Å². The highest BCUT2D eigenvalue weighted by molar-refractivity contribution is 6.07. The second kappa shape index (κ2) is 4.51. The van der Waals surface area contributed by atoms with E-state index >= 15 is 0 Å². The van der Waals surface area contributed by atoms with E-state index in [-0.39, 0.29) is 6.04 Å². The minimum Gasteiger partial charge on any atom is -0.411 e. The van der Waals surface area contributed by atoms with Gasteiger partial charge in [-0.1, -0.05) is 12.1 Å². The van der Waals surface area contributed by atoms with Crippen LogP contribution in [0.25, 0.3) is 0 Å². The van der Waals surface area contributed by atoms with Crippen LogP contribution in [0.4, 0.5) is 18.9 Å². The fourth-order valence-electron chi connectivity index (χ4n) is 2.04. The molecule has 0 bridgehead atoms. The molecule has 0 aliphatic carbocycles. The molecule has 2 rings (SSSR count). The molecule has 0 fully saturated rings. The van der Waals surface area contributed by atoms with Gasteiger partial charge in [-0.2, -0.15) is 13.2 Å². The monoisotopic (exact) mass is 258 g/mol. The Labute approximate surface area is 102 Å². The first-order valence-electron chi connectivity index (χ1n) is 5.64. The number of fused-ring (bicyclic) bond motifs is 1. The van der Waals surface area contributed by atoms with Crippen molar-refractivity contribution in [3.8, 4) is 0 Å². The summed E-state index contributed by atoms with van der Waals surface area (Å²) >= 11 is 0. The molecule has 6 heteroatoms. The van der Waals surface area contributed by atoms with Crippen molar-refractivity contribution >= 4 is 11.4 Å². The first-order valence-corrected chi connectivity index (χ1v) is 5.64. The fraction of sp³-hybridized carbons (Fsp3) is 0.417. The van der Waals surface area contributed by atoms with Gasteiger partial charge in [0.15, 0.2) is 0 Å². The molecular weight excluding hydrogens is 245 g/mol. The van der Waals surface area contributed by atoms with Crippen LogP contribution in [0.1, 0.15) is 30.9 Å². The molecule has 1 aromatic rings. The van der Waals surface area contributed by atoms with Gasteiger partial charge in [0, 0.05) is 23.7 Å². The molecule has 98 valence electrons. The van der Waals surface area contributed by atoms with Gasteiger partial charge in [-0.25, -0.2) is 0 Å². The van der Waals surface area contributed by atoms with Crippen molar-refractivity contribution in [2.75, 3.05) is 5.32 Å². The number of hydrogen-bond acceptors (Lipinski definition) is 3. The van der Waals surface area contributed by atoms with E-state index in [1.165, 1.54) is 6.07 Å². The van der Waals surface area contributed by atoms with Gasteiger partial charge in [-0.3, -0.25) is 0 Å². The number of nitrogens with zero attached hydrogens (tertiary/aromatic N) is 1. The van der Waals surface area contributed by atoms with Gasteiger partial charge in [0.1, 0.15) is 0 Å². The summed E-state index contributed by atoms with van der Waals surface area (Å²) in [6, 6.07) is 3.51. The van der Waals surface area contributed by atoms with Crippen LogP contribution in [0, 0.1) is 0 Å². The van der Waals surface area contributed by atoms with Crippen LogP contribution in [-0.4, -0.2) is 17.0 Å². The van der Waals surface area contributed by atoms with E-state index in [2.05, 4.69) is 10.5 Å². The highest BCUT2D eigenvalue weighted by Crippen LogP contribution is 2.34. The van der Waals surface area contributed by atoms with Crippen LogP contribution in [0.2, 0.25) is 0 Å². The van der Waals surface area contributed by atoms with Crippen molar-refractivity contribution in [1.82, 2.24) is 0 Å². The third-order valence-electron chi connectivity index (χ3n) is 3.07. The molecule has 1 aliphatic heterocycles. The molecule has 0 amide bonds. The van der Waals surface area contributed by atoms with Crippen molar-refractivity contribution in [2.45, 2.75) is 32.0 Å². The summed E-state index contributed by atoms with van der Waals surface area (Å²) in [4.78, 5) is 0. The maximum atomic E-state index is 12.6. The maximum Gasteiger partial charge on any atom is 0.416 e. The molecule has 0 spiro atoms. The Bertz CT molecular complexity index is 483. The average Bonchev–Trinajstić information content (AvgIpc) is 2.35. The van der Waals surface area contributed by atoms with Crippen LogP contribution in [-0.2, 0) is 6.18 Å². The van der Waals surface area contributed by atoms with Gasteiger partial charge in [-0.05, 0) is 24.6 Å². The summed E-state index contributed by atoms with van der Waals surface area (Å²) in [5, 5.41) is 15.2. The fourth-order valence-corrected chi connectivity index (χ4v) is 2.04. The lowest BCUT2D eigenvalue weighted by atomic mass is 9.93. The lowest BCUT2D eigenvalue weighted by Crippen LogP contribution is -2.29. The smallest absolute Gasteiger partial charge is 0.411 e. The molecule has 1 heterocycles. The van der Waals surface area contributed by atoms with Crippen molar-refractivity contribution in [3.05, 3.63) is 29.3 Å². The van der Waals surface area contributed by atoms with E-state index < -0.39 is 11.7 Å². The zero-order chi connectivity index (χ0) is 13.3. The summed E-state index contributed by atoms with van der Waals surface area (Å²) in [6.07, 6.45) is -3.17. The number of anilines is 1. The molecule has 1 aromatic carbocycles. The van der Waals surface area contributed by atoms with E-state index in [4.69, 9.17) is 5.21 Å². The van der Waals surface area contributed by atoms with Crippen molar-refractivity contribution in [1.29, 1.82) is 0 Å². The average molecular weight is 258 g/mol. The van der Waals surface area contributed by atoms with Crippen LogP contribution < -0.4 is 5.32 Å². The molecule has 3 nitrogen and oxygen atoms in total. The van der Waals surface area contributed by atoms with Crippen LogP contribution >= 0.6 is 0 Å². The number of rotatable bonds is 1. The predicted octanol–water partition coefficient (Wildman–Crippen LogP) is 3.48. The Morgan fingerprint density at radius 1 is 1.44 bits per heavy atom. The number of nitrogens with one attached hydrogen (secondary N) is 1. The van der Waals surface area contributed by atoms with Crippen molar-refractivity contribution in [2.24, 2.45) is 5.16 Å². The number of alkyl halides is 3. The van der Waals surface area contributed by atoms with E-state index in [9.17, 15) is 13.2 Å². The van der Waals surface area contributed by atoms with Crippen molar-refractivity contribution in [3.63, 3.8) is 0 Å². The molecule has 0 saturated carbocycles. The zero-order valence-electron chi connectivity index (χ0n) is 9.75. The van der Waals surface area contributed by atoms with Crippen LogP contribution in [0.5, 0.6) is 0 Å². The summed E-state index contributed by atoms with van der Waals surface area (Å²) in [5.41, 5.74) is 0.451. The number of oxime groups is 1. The van der Waals surface area contributed by atoms with Crippen LogP contribution in [0.3, 0.4) is 0 Å². The second-order valence-corrected chi connectivity index (χ2v) is 4.26. The quantitative estimate of drug-likeness (QED) is 0.598. The molecule has 2 N–H and O–H groups in total. The first-order chi connectivity index (χ1) is 8.45. The molecule has 1 unspecified atom stereocenters. The summed E-state index contributed by atoms with van der Waals surface area (Å²) in [5.74, 6) is 0. The SMILES string of the molecule is CCC1CC(=NO)c2cc(C(F)(F)F)ccc2N1. The first kappa shape index (κ1) is 12.7. The lowest BCUT2D eigenvalue weighted by Gasteiger charge is -2.27. The van der Waals surface area contributed by atoms with Gasteiger partial charge >= 0.3 is 6.18 Å². The molecule has 0 aromatic heterocycles. The van der Waals surface area contributed by atoms with Crippen LogP contribution in [0.15, 0.2) is 23.4 Å². The molecule has 0 radical (unpaired) electrons. The highest BCUT2D eigenvalue weighted by atomic mass is 19.4. The molecule has 1 atom stereocenters. The van der Waals surface area contributed by atoms with Gasteiger partial charge < -0.3 is 10.5 Å². The Balaban J connectivity index is 2.46. The van der Waals surface area contributed by atoms with E-state index in [1.54, 1.807) is 0 Å². The molecule has 18 heavy (non-hydrogen) atoms. The van der Waals surface area contributed by atoms with Gasteiger partial charge in [0.2, 0.25) is 0 Å². The third kappa shape index (κ3) is 2.27. The third-order valence-corrected chi connectivity index (χ3v) is 3.07. The summed E-state index contributed by atoms with van der Waals surface area (Å²) in [6.45, 7) is 1.96. The molecule has 0 saturated heterocycles. The standard InChI is InChI=1S/C12H13F3N2O/c1-2-8-6-11(17-18)9-5-7(12(13,14)15)3-4-10(9)16-8/h3-5,8,16,18H,2,6H2,1H3. The van der Waals surface area contributed by atoms with Gasteiger partial charge in [-0.15, -0.1) is 0 Å². The minimum atomic E-state index is -4.39. The lowest BCUT2D eigenvalue weighted by molar-refractivity contribution is -0.137. The van der Waals surface area contributed by atoms with Gasteiger partial charge in [0.05, 0.1) is 11.3 Å². The highest BCUT2D eigenvalue weighted by Gasteiger charge is 2.32. The number of benzene rings is 1. The largest absolute Gasteiger partial charge is 0.416 e. The molecular formula is C12H13F3N2O. The molecule has 1 aliphatic rings. The van der Waals surface area contributed by atoms with Crippen molar-refractivity contribution < 1.29 is 18.4 Å². The Morgan fingerprint density at radius 2 is 2.17 bits per heavy atom. The van der Waals surface area contributed by atoms with E-state index in [0.29, 0.717) is 23.4 Å². The minimum absolute atomic E-state index is 0.0835. The Morgan fingerprint density at radius 3 is 2.72 bits per heavy atom. The summed E-state index contributed by atoms with van der Waals surface area (Å²) < 4.78 is 37.8. The number of halogens is 3. The Kier molecular flexibility index (Phi) is 3.19. The number of hydrogen-bond donors (Lipinski definition) is 2. The second-order valence-electron chi connectivity index (χ2n) is 4.26. The van der Waals surface area contributed by atoms with E-state index in [0.717, 1.165) is 18.6 Å². The zero-order valence-corrected chi connectivity index (χ0v) is 9.75. The maximum absolute atomic E-state index is 12.6. The Hall–Kier alpha value is -1.72. The normalized spacial score (nSPS) is 21.6. The van der Waals surface area contributed by atoms with Gasteiger partial charge in [0.25, 0.3) is 0 Å². The van der Waals surface area contributed by atoms with E-state index in [1.807, 2.05) is 6.92 Å². The predicted molar refractivity (Wildman–Crippen MR) is 62.1 cm³/mol.